The van der Waals surface area contributed by atoms with E-state index in [0.29, 0.717) is 32.7 Å². The lowest BCUT2D eigenvalue weighted by atomic mass is 9.93. The summed E-state index contributed by atoms with van der Waals surface area (Å²) in [5.41, 5.74) is -0.0506. The topological polar surface area (TPSA) is 68.2 Å². The summed E-state index contributed by atoms with van der Waals surface area (Å²) >= 11 is 0. The monoisotopic (exact) mass is 331 g/mol. The fraction of sp³-hybridized carbons (Fsp3) is 0.500. The van der Waals surface area contributed by atoms with Crippen LogP contribution >= 0.6 is 0 Å². The van der Waals surface area contributed by atoms with Gasteiger partial charge in [0, 0.05) is 18.9 Å². The number of carbonyl (C=O) groups excluding carboxylic acids is 1. The van der Waals surface area contributed by atoms with Gasteiger partial charge in [-0.05, 0) is 11.6 Å². The molecule has 2 fully saturated rings. The number of ether oxygens (including phenoxy) is 3. The molecule has 6 nitrogen and oxygen atoms in total. The lowest BCUT2D eigenvalue weighted by Crippen LogP contribution is -2.58. The second-order valence-corrected chi connectivity index (χ2v) is 6.30. The van der Waals surface area contributed by atoms with E-state index in [1.54, 1.807) is 4.90 Å². The van der Waals surface area contributed by atoms with E-state index in [4.69, 9.17) is 14.2 Å². The van der Waals surface area contributed by atoms with Gasteiger partial charge < -0.3 is 19.3 Å². The van der Waals surface area contributed by atoms with Gasteiger partial charge in [-0.25, -0.2) is 0 Å². The molecular formula is C18H21NO5. The van der Waals surface area contributed by atoms with E-state index in [0.717, 1.165) is 5.56 Å². The van der Waals surface area contributed by atoms with E-state index < -0.39 is 11.8 Å². The Morgan fingerprint density at radius 3 is 2.71 bits per heavy atom. The van der Waals surface area contributed by atoms with Crippen molar-refractivity contribution in [3.63, 3.8) is 0 Å². The summed E-state index contributed by atoms with van der Waals surface area (Å²) in [6.07, 6.45) is 2.80. The number of aliphatic hydroxyl groups excluding tert-OH is 1. The van der Waals surface area contributed by atoms with Crippen molar-refractivity contribution in [3.05, 3.63) is 48.0 Å². The third-order valence-electron chi connectivity index (χ3n) is 4.94. The molecule has 0 aliphatic carbocycles. The zero-order valence-electron chi connectivity index (χ0n) is 13.3. The number of hydrogen-bond acceptors (Lipinski definition) is 5. The predicted molar refractivity (Wildman–Crippen MR) is 84.8 cm³/mol. The Morgan fingerprint density at radius 2 is 1.96 bits per heavy atom. The number of fused-ring (bicyclic) bond motifs is 1. The molecule has 3 heterocycles. The highest BCUT2D eigenvalue weighted by Crippen LogP contribution is 2.44. The Labute approximate surface area is 140 Å². The second-order valence-electron chi connectivity index (χ2n) is 6.30. The van der Waals surface area contributed by atoms with Crippen LogP contribution in [0.2, 0.25) is 0 Å². The summed E-state index contributed by atoms with van der Waals surface area (Å²) < 4.78 is 17.0. The molecule has 0 unspecified atom stereocenters. The van der Waals surface area contributed by atoms with Gasteiger partial charge in [0.2, 0.25) is 5.91 Å². The molecule has 1 aromatic rings. The molecule has 0 spiro atoms. The quantitative estimate of drug-likeness (QED) is 0.902. The molecule has 0 radical (unpaired) electrons. The number of hydrogen-bond donors (Lipinski definition) is 1. The van der Waals surface area contributed by atoms with Gasteiger partial charge >= 0.3 is 0 Å². The van der Waals surface area contributed by atoms with E-state index in [1.165, 1.54) is 12.2 Å². The maximum atomic E-state index is 12.6. The predicted octanol–water partition coefficient (Wildman–Crippen LogP) is 1.37. The van der Waals surface area contributed by atoms with Crippen LogP contribution in [0.15, 0.2) is 42.5 Å². The average molecular weight is 331 g/mol. The van der Waals surface area contributed by atoms with Gasteiger partial charge in [-0.1, -0.05) is 30.3 Å². The summed E-state index contributed by atoms with van der Waals surface area (Å²) in [7, 11) is 0. The van der Waals surface area contributed by atoms with Crippen molar-refractivity contribution in [1.82, 2.24) is 4.90 Å². The smallest absolute Gasteiger partial charge is 0.249 e. The molecule has 6 heteroatoms. The maximum Gasteiger partial charge on any atom is 0.249 e. The van der Waals surface area contributed by atoms with E-state index >= 15 is 0 Å². The van der Waals surface area contributed by atoms with Gasteiger partial charge in [0.15, 0.2) is 12.0 Å². The van der Waals surface area contributed by atoms with Crippen molar-refractivity contribution in [3.8, 4) is 0 Å². The number of nitrogens with zero attached hydrogens (tertiary/aromatic N) is 1. The minimum atomic E-state index is -1.05. The maximum absolute atomic E-state index is 12.6. The summed E-state index contributed by atoms with van der Waals surface area (Å²) in [6, 6.07) is 9.57. The Morgan fingerprint density at radius 1 is 1.21 bits per heavy atom. The molecule has 0 saturated carbocycles. The van der Waals surface area contributed by atoms with E-state index in [-0.39, 0.29) is 18.2 Å². The first-order valence-electron chi connectivity index (χ1n) is 8.32. The summed E-state index contributed by atoms with van der Waals surface area (Å²) in [4.78, 5) is 14.3. The van der Waals surface area contributed by atoms with Crippen molar-refractivity contribution in [2.45, 2.75) is 37.0 Å². The highest BCUT2D eigenvalue weighted by molar-refractivity contribution is 5.90. The van der Waals surface area contributed by atoms with Crippen LogP contribution in [0.25, 0.3) is 0 Å². The van der Waals surface area contributed by atoms with Gasteiger partial charge in [0.25, 0.3) is 0 Å². The van der Waals surface area contributed by atoms with E-state index in [9.17, 15) is 9.90 Å². The van der Waals surface area contributed by atoms with Crippen molar-refractivity contribution in [2.75, 3.05) is 19.8 Å². The van der Waals surface area contributed by atoms with Crippen LogP contribution in [0.1, 0.15) is 24.4 Å². The standard InChI is InChI=1S/C18H21NO5/c20-15-6-7-16(21)19-14(13-4-2-1-3-5-13)12-24-18(15,19)9-8-17-22-10-11-23-17/h1-7,14-15,17,20H,8-12H2/t14-,15-,18-/m1/s1. The number of rotatable bonds is 4. The van der Waals surface area contributed by atoms with Crippen molar-refractivity contribution in [2.24, 2.45) is 0 Å². The minimum absolute atomic E-state index is 0.139. The summed E-state index contributed by atoms with van der Waals surface area (Å²) in [5.74, 6) is -0.139. The van der Waals surface area contributed by atoms with Crippen LogP contribution in [0.3, 0.4) is 0 Å². The van der Waals surface area contributed by atoms with Crippen LogP contribution in [-0.2, 0) is 19.0 Å². The molecule has 24 heavy (non-hydrogen) atoms. The molecule has 1 aromatic carbocycles. The van der Waals surface area contributed by atoms with Crippen LogP contribution in [-0.4, -0.2) is 53.9 Å². The second kappa shape index (κ2) is 6.29. The molecule has 1 amide bonds. The SMILES string of the molecule is O=C1C=C[C@@H](O)[C@@]2(CCC3OCCO3)OC[C@H](c3ccccc3)N12. The molecule has 0 bridgehead atoms. The first kappa shape index (κ1) is 15.8. The first-order chi connectivity index (χ1) is 11.7. The Kier molecular flexibility index (Phi) is 4.14. The molecule has 0 aromatic heterocycles. The highest BCUT2D eigenvalue weighted by Gasteiger charge is 2.55. The average Bonchev–Trinajstić information content (AvgIpc) is 3.26. The van der Waals surface area contributed by atoms with Crippen LogP contribution < -0.4 is 0 Å². The normalized spacial score (nSPS) is 33.2. The molecule has 3 aliphatic rings. The fourth-order valence-corrected chi connectivity index (χ4v) is 3.76. The van der Waals surface area contributed by atoms with Crippen LogP contribution in [0.5, 0.6) is 0 Å². The zero-order valence-corrected chi connectivity index (χ0v) is 13.3. The summed E-state index contributed by atoms with van der Waals surface area (Å²) in [6.45, 7) is 1.52. The van der Waals surface area contributed by atoms with Crippen molar-refractivity contribution in [1.29, 1.82) is 0 Å². The lowest BCUT2D eigenvalue weighted by molar-refractivity contribution is -0.178. The zero-order chi connectivity index (χ0) is 16.6. The first-order valence-corrected chi connectivity index (χ1v) is 8.32. The minimum Gasteiger partial charge on any atom is -0.384 e. The largest absolute Gasteiger partial charge is 0.384 e. The summed E-state index contributed by atoms with van der Waals surface area (Å²) in [5, 5.41) is 10.6. The van der Waals surface area contributed by atoms with E-state index in [2.05, 4.69) is 0 Å². The Bertz CT molecular complexity index is 628. The number of aliphatic hydroxyl groups is 1. The molecule has 128 valence electrons. The van der Waals surface area contributed by atoms with Crippen LogP contribution in [0.4, 0.5) is 0 Å². The molecule has 3 atom stereocenters. The van der Waals surface area contributed by atoms with Crippen molar-refractivity contribution >= 4 is 5.91 Å². The van der Waals surface area contributed by atoms with Crippen molar-refractivity contribution < 1.29 is 24.1 Å². The number of carbonyl (C=O) groups is 1. The van der Waals surface area contributed by atoms with Gasteiger partial charge in [-0.3, -0.25) is 9.69 Å². The third kappa shape index (κ3) is 2.56. The van der Waals surface area contributed by atoms with Gasteiger partial charge in [-0.15, -0.1) is 0 Å². The fourth-order valence-electron chi connectivity index (χ4n) is 3.76. The van der Waals surface area contributed by atoms with Gasteiger partial charge in [0.1, 0.15) is 6.10 Å². The third-order valence-corrected chi connectivity index (χ3v) is 4.94. The molecule has 2 saturated heterocycles. The lowest BCUT2D eigenvalue weighted by Gasteiger charge is -2.43. The Hall–Kier alpha value is -1.73. The van der Waals surface area contributed by atoms with Crippen LogP contribution in [0, 0.1) is 0 Å². The molecular weight excluding hydrogens is 310 g/mol. The molecule has 4 rings (SSSR count). The van der Waals surface area contributed by atoms with Gasteiger partial charge in [0.05, 0.1) is 25.9 Å². The number of benzene rings is 1. The van der Waals surface area contributed by atoms with E-state index in [1.807, 2.05) is 30.3 Å². The molecule has 1 N–H and O–H groups in total. The van der Waals surface area contributed by atoms with Gasteiger partial charge in [-0.2, -0.15) is 0 Å². The number of amides is 1. The Balaban J connectivity index is 1.62. The highest BCUT2D eigenvalue weighted by atomic mass is 16.7. The molecule has 3 aliphatic heterocycles.